The molecule has 5 heteroatoms. The van der Waals surface area contributed by atoms with Crippen molar-refractivity contribution in [3.8, 4) is 11.5 Å². The second kappa shape index (κ2) is 7.35. The zero-order chi connectivity index (χ0) is 18.8. The molecule has 140 valence electrons. The van der Waals surface area contributed by atoms with E-state index >= 15 is 0 Å². The number of aromatic amines is 1. The number of H-pyrrole nitrogens is 1. The lowest BCUT2D eigenvalue weighted by Crippen LogP contribution is -2.34. The molecule has 0 saturated heterocycles. The number of amides is 1. The molecule has 2 aromatic carbocycles. The summed E-state index contributed by atoms with van der Waals surface area (Å²) in [6, 6.07) is 12.4. The van der Waals surface area contributed by atoms with Gasteiger partial charge in [0.15, 0.2) is 11.5 Å². The largest absolute Gasteiger partial charge is 0.493 e. The molecule has 27 heavy (non-hydrogen) atoms. The zero-order valence-corrected chi connectivity index (χ0v) is 15.7. The molecule has 0 aliphatic carbocycles. The number of carbonyl (C=O) groups excluding carboxylic acids is 1. The predicted octanol–water partition coefficient (Wildman–Crippen LogP) is 3.87. The minimum Gasteiger partial charge on any atom is -0.493 e. The van der Waals surface area contributed by atoms with Crippen molar-refractivity contribution in [3.63, 3.8) is 0 Å². The summed E-state index contributed by atoms with van der Waals surface area (Å²) in [5, 5.41) is 1.25. The van der Waals surface area contributed by atoms with E-state index < -0.39 is 0 Å². The Balaban J connectivity index is 1.65. The summed E-state index contributed by atoms with van der Waals surface area (Å²) >= 11 is 0. The molecule has 1 unspecified atom stereocenters. The number of hydrogen-bond donors (Lipinski definition) is 1. The molecular weight excluding hydrogens is 340 g/mol. The minimum absolute atomic E-state index is 0.0414. The first-order chi connectivity index (χ1) is 13.2. The lowest BCUT2D eigenvalue weighted by atomic mass is 9.88. The standard InChI is InChI=1S/C22H24N2O3/c1-26-21-11-15-9-10-24(14-25)20(18(15)12-22(21)27-2)8-7-16-13-23-19-6-4-3-5-17(16)19/h3-6,11-14,20,23H,7-10H2,1-2H3. The maximum Gasteiger partial charge on any atom is 0.210 e. The van der Waals surface area contributed by atoms with Crippen molar-refractivity contribution in [1.82, 2.24) is 9.88 Å². The molecule has 1 aliphatic heterocycles. The number of aromatic nitrogens is 1. The molecule has 3 aromatic rings. The molecule has 0 bridgehead atoms. The second-order valence-corrected chi connectivity index (χ2v) is 6.91. The number of nitrogens with one attached hydrogen (secondary N) is 1. The van der Waals surface area contributed by atoms with Gasteiger partial charge in [-0.3, -0.25) is 4.79 Å². The first-order valence-corrected chi connectivity index (χ1v) is 9.26. The summed E-state index contributed by atoms with van der Waals surface area (Å²) in [6.07, 6.45) is 5.64. The van der Waals surface area contributed by atoms with Gasteiger partial charge in [0.05, 0.1) is 20.3 Å². The summed E-state index contributed by atoms with van der Waals surface area (Å²) in [6.45, 7) is 0.727. The average molecular weight is 364 g/mol. The van der Waals surface area contributed by atoms with Crippen LogP contribution in [0.2, 0.25) is 0 Å². The van der Waals surface area contributed by atoms with Crippen molar-refractivity contribution in [2.75, 3.05) is 20.8 Å². The van der Waals surface area contributed by atoms with E-state index in [4.69, 9.17) is 9.47 Å². The number of hydrogen-bond acceptors (Lipinski definition) is 3. The number of benzene rings is 2. The number of ether oxygens (including phenoxy) is 2. The van der Waals surface area contributed by atoms with Crippen LogP contribution in [-0.4, -0.2) is 37.1 Å². The van der Waals surface area contributed by atoms with Crippen molar-refractivity contribution in [3.05, 3.63) is 59.3 Å². The van der Waals surface area contributed by atoms with Crippen LogP contribution in [0.4, 0.5) is 0 Å². The van der Waals surface area contributed by atoms with Crippen LogP contribution in [0.15, 0.2) is 42.6 Å². The molecule has 4 rings (SSSR count). The Labute approximate surface area is 158 Å². The first-order valence-electron chi connectivity index (χ1n) is 9.26. The van der Waals surface area contributed by atoms with E-state index in [1.165, 1.54) is 16.5 Å². The molecule has 0 spiro atoms. The van der Waals surface area contributed by atoms with Crippen LogP contribution in [0.5, 0.6) is 11.5 Å². The lowest BCUT2D eigenvalue weighted by Gasteiger charge is -2.35. The van der Waals surface area contributed by atoms with E-state index in [1.807, 2.05) is 17.0 Å². The summed E-state index contributed by atoms with van der Waals surface area (Å²) in [4.78, 5) is 16.9. The highest BCUT2D eigenvalue weighted by atomic mass is 16.5. The van der Waals surface area contributed by atoms with Gasteiger partial charge in [-0.2, -0.15) is 0 Å². The highest BCUT2D eigenvalue weighted by Gasteiger charge is 2.28. The van der Waals surface area contributed by atoms with E-state index in [9.17, 15) is 4.79 Å². The van der Waals surface area contributed by atoms with Gasteiger partial charge in [-0.05, 0) is 54.2 Å². The maximum absolute atomic E-state index is 11.7. The van der Waals surface area contributed by atoms with Gasteiger partial charge < -0.3 is 19.4 Å². The van der Waals surface area contributed by atoms with Gasteiger partial charge in [0, 0.05) is 23.6 Å². The van der Waals surface area contributed by atoms with Crippen LogP contribution in [0.1, 0.15) is 29.2 Å². The van der Waals surface area contributed by atoms with Crippen molar-refractivity contribution < 1.29 is 14.3 Å². The molecule has 0 saturated carbocycles. The smallest absolute Gasteiger partial charge is 0.210 e. The number of nitrogens with zero attached hydrogens (tertiary/aromatic N) is 1. The topological polar surface area (TPSA) is 54.6 Å². The fourth-order valence-corrected chi connectivity index (χ4v) is 4.13. The Bertz CT molecular complexity index is 963. The quantitative estimate of drug-likeness (QED) is 0.676. The Hall–Kier alpha value is -2.95. The Morgan fingerprint density at radius 3 is 2.74 bits per heavy atom. The number of methoxy groups -OCH3 is 2. The van der Waals surface area contributed by atoms with E-state index in [0.29, 0.717) is 5.75 Å². The average Bonchev–Trinajstić information content (AvgIpc) is 3.13. The summed E-state index contributed by atoms with van der Waals surface area (Å²) in [7, 11) is 3.30. The van der Waals surface area contributed by atoms with Gasteiger partial charge in [-0.15, -0.1) is 0 Å². The van der Waals surface area contributed by atoms with Gasteiger partial charge >= 0.3 is 0 Å². The molecule has 5 nitrogen and oxygen atoms in total. The van der Waals surface area contributed by atoms with Gasteiger partial charge in [0.1, 0.15) is 0 Å². The van der Waals surface area contributed by atoms with Gasteiger partial charge in [0.2, 0.25) is 6.41 Å². The van der Waals surface area contributed by atoms with Crippen LogP contribution >= 0.6 is 0 Å². The Morgan fingerprint density at radius 2 is 1.96 bits per heavy atom. The SMILES string of the molecule is COc1cc2c(cc1OC)C(CCc1c[nH]c3ccccc13)N(C=O)CC2. The third-order valence-corrected chi connectivity index (χ3v) is 5.54. The van der Waals surface area contributed by atoms with E-state index in [-0.39, 0.29) is 6.04 Å². The van der Waals surface area contributed by atoms with Crippen LogP contribution in [0.3, 0.4) is 0 Å². The number of para-hydroxylation sites is 1. The van der Waals surface area contributed by atoms with Gasteiger partial charge in [-0.1, -0.05) is 18.2 Å². The third kappa shape index (κ3) is 3.14. The number of aryl methyl sites for hydroxylation is 1. The monoisotopic (exact) mass is 364 g/mol. The highest BCUT2D eigenvalue weighted by molar-refractivity contribution is 5.83. The van der Waals surface area contributed by atoms with Crippen LogP contribution in [0.25, 0.3) is 10.9 Å². The molecule has 0 radical (unpaired) electrons. The predicted molar refractivity (Wildman–Crippen MR) is 105 cm³/mol. The molecule has 1 aliphatic rings. The number of rotatable bonds is 6. The minimum atomic E-state index is 0.0414. The van der Waals surface area contributed by atoms with E-state index in [0.717, 1.165) is 49.0 Å². The molecule has 1 aromatic heterocycles. The Kier molecular flexibility index (Phi) is 4.75. The van der Waals surface area contributed by atoms with Crippen LogP contribution in [-0.2, 0) is 17.6 Å². The van der Waals surface area contributed by atoms with Crippen LogP contribution < -0.4 is 9.47 Å². The summed E-state index contributed by atoms with van der Waals surface area (Å²) in [5.41, 5.74) is 4.82. The first kappa shape index (κ1) is 17.5. The molecule has 0 fully saturated rings. The van der Waals surface area contributed by atoms with Crippen molar-refractivity contribution in [2.24, 2.45) is 0 Å². The van der Waals surface area contributed by atoms with Crippen molar-refractivity contribution in [2.45, 2.75) is 25.3 Å². The van der Waals surface area contributed by atoms with Gasteiger partial charge in [-0.25, -0.2) is 0 Å². The molecule has 2 heterocycles. The molecule has 1 amide bonds. The Morgan fingerprint density at radius 1 is 1.19 bits per heavy atom. The van der Waals surface area contributed by atoms with Crippen molar-refractivity contribution >= 4 is 17.3 Å². The fourth-order valence-electron chi connectivity index (χ4n) is 4.13. The lowest BCUT2D eigenvalue weighted by molar-refractivity contribution is -0.120. The van der Waals surface area contributed by atoms with Crippen LogP contribution in [0, 0.1) is 0 Å². The number of fused-ring (bicyclic) bond motifs is 2. The van der Waals surface area contributed by atoms with E-state index in [2.05, 4.69) is 35.4 Å². The second-order valence-electron chi connectivity index (χ2n) is 6.91. The normalized spacial score (nSPS) is 16.2. The van der Waals surface area contributed by atoms with Crippen molar-refractivity contribution in [1.29, 1.82) is 0 Å². The van der Waals surface area contributed by atoms with E-state index in [1.54, 1.807) is 14.2 Å². The summed E-state index contributed by atoms with van der Waals surface area (Å²) < 4.78 is 10.9. The third-order valence-electron chi connectivity index (χ3n) is 5.54. The molecule has 1 atom stereocenters. The maximum atomic E-state index is 11.7. The number of carbonyl (C=O) groups is 1. The zero-order valence-electron chi connectivity index (χ0n) is 15.7. The highest BCUT2D eigenvalue weighted by Crippen LogP contribution is 2.39. The van der Waals surface area contributed by atoms with Gasteiger partial charge in [0.25, 0.3) is 0 Å². The fraction of sp³-hybridized carbons (Fsp3) is 0.318. The molecular formula is C22H24N2O3. The molecule has 1 N–H and O–H groups in total. The summed E-state index contributed by atoms with van der Waals surface area (Å²) in [5.74, 6) is 1.45.